The first-order valence-corrected chi connectivity index (χ1v) is 12.4. The van der Waals surface area contributed by atoms with Gasteiger partial charge in [-0.25, -0.2) is 9.78 Å². The fraction of sp³-hybridized carbons (Fsp3) is 0. The summed E-state index contributed by atoms with van der Waals surface area (Å²) in [4.78, 5) is 28.5. The van der Waals surface area contributed by atoms with Crippen molar-refractivity contribution in [2.75, 3.05) is 5.43 Å². The average molecular weight is 521 g/mol. The Hall–Kier alpha value is -5.15. The Labute approximate surface area is 222 Å². The van der Waals surface area contributed by atoms with Crippen molar-refractivity contribution >= 4 is 34.3 Å². The number of rotatable bonds is 8. The maximum atomic E-state index is 12.4. The second kappa shape index (κ2) is 11.3. The molecule has 0 unspecified atom stereocenters. The number of hydrogen-bond acceptors (Lipinski definition) is 8. The minimum Gasteiger partial charge on any atom is -0.423 e. The van der Waals surface area contributed by atoms with Gasteiger partial charge in [-0.15, -0.1) is 0 Å². The monoisotopic (exact) mass is 520 g/mol. The van der Waals surface area contributed by atoms with Gasteiger partial charge in [-0.1, -0.05) is 78.1 Å². The number of anilines is 1. The molecule has 9 heteroatoms. The zero-order chi connectivity index (χ0) is 26.3. The number of carbonyl (C=O) groups is 1. The van der Waals surface area contributed by atoms with Gasteiger partial charge in [0.05, 0.1) is 27.3 Å². The highest BCUT2D eigenvalue weighted by Crippen LogP contribution is 2.38. The molecule has 0 aliphatic carbocycles. The van der Waals surface area contributed by atoms with Crippen LogP contribution in [0.5, 0.6) is 5.75 Å². The van der Waals surface area contributed by atoms with E-state index >= 15 is 0 Å². The van der Waals surface area contributed by atoms with Gasteiger partial charge in [-0.3, -0.25) is 15.5 Å². The molecule has 0 saturated heterocycles. The smallest absolute Gasteiger partial charge is 0.343 e. The number of nitrogens with zero attached hydrogens (tertiary/aromatic N) is 3. The van der Waals surface area contributed by atoms with Crippen LogP contribution in [0.25, 0.3) is 21.7 Å². The molecule has 186 valence electrons. The average Bonchev–Trinajstić information content (AvgIpc) is 3.39. The molecule has 0 saturated carbocycles. The highest BCUT2D eigenvalue weighted by molar-refractivity contribution is 7.19. The predicted octanol–water partition coefficient (Wildman–Crippen LogP) is 7.05. The van der Waals surface area contributed by atoms with Crippen LogP contribution in [0.15, 0.2) is 114 Å². The number of nitro benzene ring substituents is 1. The summed E-state index contributed by atoms with van der Waals surface area (Å²) in [5.41, 5.74) is 6.70. The Balaban J connectivity index is 1.27. The summed E-state index contributed by atoms with van der Waals surface area (Å²) < 4.78 is 5.33. The zero-order valence-electron chi connectivity index (χ0n) is 19.9. The number of thiazole rings is 1. The fourth-order valence-electron chi connectivity index (χ4n) is 3.64. The molecule has 0 fully saturated rings. The fourth-order valence-corrected chi connectivity index (χ4v) is 4.58. The number of benzene rings is 4. The second-order valence-electron chi connectivity index (χ2n) is 8.06. The van der Waals surface area contributed by atoms with Gasteiger partial charge >= 0.3 is 5.97 Å². The molecule has 4 aromatic carbocycles. The summed E-state index contributed by atoms with van der Waals surface area (Å²) in [6.07, 6.45) is 1.64. The first-order valence-electron chi connectivity index (χ1n) is 11.5. The van der Waals surface area contributed by atoms with Crippen molar-refractivity contribution < 1.29 is 14.5 Å². The van der Waals surface area contributed by atoms with E-state index in [9.17, 15) is 14.9 Å². The summed E-state index contributed by atoms with van der Waals surface area (Å²) >= 11 is 1.52. The summed E-state index contributed by atoms with van der Waals surface area (Å²) in [6, 6.07) is 32.2. The molecule has 8 nitrogen and oxygen atoms in total. The molecule has 5 rings (SSSR count). The number of non-ortho nitro benzene ring substituents is 1. The van der Waals surface area contributed by atoms with Gasteiger partial charge in [0.2, 0.25) is 5.13 Å². The van der Waals surface area contributed by atoms with E-state index in [0.29, 0.717) is 10.9 Å². The third-order valence-electron chi connectivity index (χ3n) is 5.47. The topological polar surface area (TPSA) is 107 Å². The Morgan fingerprint density at radius 1 is 0.895 bits per heavy atom. The van der Waals surface area contributed by atoms with Gasteiger partial charge < -0.3 is 4.74 Å². The summed E-state index contributed by atoms with van der Waals surface area (Å²) in [5, 5.41) is 15.9. The summed E-state index contributed by atoms with van der Waals surface area (Å²) in [5.74, 6) is -0.365. The van der Waals surface area contributed by atoms with E-state index in [-0.39, 0.29) is 11.3 Å². The lowest BCUT2D eigenvalue weighted by Crippen LogP contribution is -2.08. The third-order valence-corrected chi connectivity index (χ3v) is 6.48. The number of ether oxygens (including phenoxy) is 1. The minimum atomic E-state index is -0.677. The number of nitrogens with one attached hydrogen (secondary N) is 1. The summed E-state index contributed by atoms with van der Waals surface area (Å²) in [6.45, 7) is 0. The molecule has 0 amide bonds. The van der Waals surface area contributed by atoms with E-state index in [1.807, 2.05) is 48.5 Å². The quantitative estimate of drug-likeness (QED) is 0.0772. The maximum Gasteiger partial charge on any atom is 0.343 e. The van der Waals surface area contributed by atoms with E-state index in [0.717, 1.165) is 27.3 Å². The molecule has 0 bridgehead atoms. The number of carbonyl (C=O) groups excluding carboxylic acids is 1. The Morgan fingerprint density at radius 3 is 2.26 bits per heavy atom. The van der Waals surface area contributed by atoms with Crippen LogP contribution in [-0.2, 0) is 0 Å². The Morgan fingerprint density at radius 2 is 1.58 bits per heavy atom. The molecule has 0 radical (unpaired) electrons. The van der Waals surface area contributed by atoms with E-state index < -0.39 is 10.9 Å². The molecule has 5 aromatic rings. The molecular weight excluding hydrogens is 500 g/mol. The van der Waals surface area contributed by atoms with E-state index in [2.05, 4.69) is 22.7 Å². The van der Waals surface area contributed by atoms with Crippen molar-refractivity contribution in [3.8, 4) is 27.4 Å². The molecule has 0 aliphatic rings. The van der Waals surface area contributed by atoms with Crippen LogP contribution in [0.2, 0.25) is 0 Å². The van der Waals surface area contributed by atoms with Crippen molar-refractivity contribution in [3.05, 3.63) is 130 Å². The van der Waals surface area contributed by atoms with E-state index in [1.54, 1.807) is 30.5 Å². The molecule has 0 aliphatic heterocycles. The van der Waals surface area contributed by atoms with Crippen LogP contribution in [0.1, 0.15) is 15.9 Å². The molecule has 1 aromatic heterocycles. The lowest BCUT2D eigenvalue weighted by atomic mass is 10.1. The van der Waals surface area contributed by atoms with Crippen molar-refractivity contribution in [3.63, 3.8) is 0 Å². The highest BCUT2D eigenvalue weighted by atomic mass is 32.1. The minimum absolute atomic E-state index is 0.0993. The van der Waals surface area contributed by atoms with Crippen molar-refractivity contribution in [2.45, 2.75) is 0 Å². The molecule has 1 heterocycles. The van der Waals surface area contributed by atoms with Gasteiger partial charge in [0.25, 0.3) is 5.69 Å². The van der Waals surface area contributed by atoms with Crippen LogP contribution in [-0.4, -0.2) is 22.1 Å². The van der Waals surface area contributed by atoms with Crippen LogP contribution in [0.4, 0.5) is 10.8 Å². The van der Waals surface area contributed by atoms with Crippen molar-refractivity contribution in [1.82, 2.24) is 4.98 Å². The largest absolute Gasteiger partial charge is 0.423 e. The lowest BCUT2D eigenvalue weighted by molar-refractivity contribution is -0.384. The SMILES string of the molecule is O=C(Oc1ccc(C=NNc2nc(-c3ccccc3)c(-c3ccccc3)s2)cc1)c1cccc([N+](=O)[O-])c1. The summed E-state index contributed by atoms with van der Waals surface area (Å²) in [7, 11) is 0. The lowest BCUT2D eigenvalue weighted by Gasteiger charge is -2.04. The number of esters is 1. The van der Waals surface area contributed by atoms with Crippen molar-refractivity contribution in [1.29, 1.82) is 0 Å². The molecule has 0 atom stereocenters. The molecule has 0 spiro atoms. The third kappa shape index (κ3) is 5.80. The van der Waals surface area contributed by atoms with Crippen LogP contribution in [0.3, 0.4) is 0 Å². The standard InChI is InChI=1S/C29H20N4O4S/c34-28(23-12-7-13-24(18-23)33(35)36)37-25-16-14-20(15-17-25)19-30-32-29-31-26(21-8-3-1-4-9-21)27(38-29)22-10-5-2-6-11-22/h1-19H,(H,31,32). The Bertz CT molecular complexity index is 1540. The van der Waals surface area contributed by atoms with Crippen LogP contribution >= 0.6 is 11.3 Å². The predicted molar refractivity (Wildman–Crippen MR) is 149 cm³/mol. The number of hydrogen-bond donors (Lipinski definition) is 1. The van der Waals surface area contributed by atoms with Gasteiger partial charge in [0.15, 0.2) is 0 Å². The first-order chi connectivity index (χ1) is 18.6. The van der Waals surface area contributed by atoms with Crippen LogP contribution in [0, 0.1) is 10.1 Å². The molecular formula is C29H20N4O4S. The normalized spacial score (nSPS) is 10.8. The van der Waals surface area contributed by atoms with E-state index in [1.165, 1.54) is 35.6 Å². The number of nitro groups is 1. The van der Waals surface area contributed by atoms with Gasteiger partial charge in [-0.2, -0.15) is 5.10 Å². The van der Waals surface area contributed by atoms with Crippen molar-refractivity contribution in [2.24, 2.45) is 5.10 Å². The maximum absolute atomic E-state index is 12.4. The van der Waals surface area contributed by atoms with E-state index in [4.69, 9.17) is 9.72 Å². The first kappa shape index (κ1) is 24.5. The van der Waals surface area contributed by atoms with Gasteiger partial charge in [-0.05, 0) is 41.5 Å². The number of aromatic nitrogens is 1. The highest BCUT2D eigenvalue weighted by Gasteiger charge is 2.15. The molecule has 38 heavy (non-hydrogen) atoms. The zero-order valence-corrected chi connectivity index (χ0v) is 20.7. The Kier molecular flexibility index (Phi) is 7.28. The second-order valence-corrected chi connectivity index (χ2v) is 9.06. The van der Waals surface area contributed by atoms with Gasteiger partial charge in [0, 0.05) is 17.7 Å². The molecule has 1 N–H and O–H groups in total. The van der Waals surface area contributed by atoms with Crippen LogP contribution < -0.4 is 10.2 Å². The van der Waals surface area contributed by atoms with Gasteiger partial charge in [0.1, 0.15) is 5.75 Å². The number of hydrazone groups is 1.